The highest BCUT2D eigenvalue weighted by atomic mass is 35.5. The Hall–Kier alpha value is -5.05. The standard InChI is InChI=1S/C40H49ClN6O9/c1-8-22-16-40(22,36(51)53-7)46-34(49)28-14-24(17-47(28)35(50)33(39(4,5)6)45-38(52)56-23-12-20-11-21(20)13-23)55-30-15-26(27-18-54-37(44-27)42-19(2)3)43-32-25(30)9-10-29(48)31(32)41/h8-10,15,18-24,28,33,48H,1,11-14,16-17H2,2-7H3,(H,42,44)(H,45,52)(H,46,49)/t20-,21?,22+,23?,24-,28?,33+,40+/m0/s1. The molecule has 0 bridgehead atoms. The Labute approximate surface area is 329 Å². The van der Waals surface area contributed by atoms with Crippen LogP contribution in [-0.4, -0.2) is 93.4 Å². The van der Waals surface area contributed by atoms with Crippen LogP contribution in [0.5, 0.6) is 11.5 Å². The van der Waals surface area contributed by atoms with Gasteiger partial charge in [0.05, 0.1) is 24.9 Å². The molecule has 1 saturated heterocycles. The van der Waals surface area contributed by atoms with Crippen molar-refractivity contribution in [2.45, 2.75) is 103 Å². The number of pyridine rings is 1. The van der Waals surface area contributed by atoms with E-state index >= 15 is 0 Å². The first-order chi connectivity index (χ1) is 26.5. The van der Waals surface area contributed by atoms with E-state index in [0.29, 0.717) is 40.8 Å². The van der Waals surface area contributed by atoms with E-state index in [0.717, 1.165) is 12.8 Å². The topological polar surface area (TPSA) is 194 Å². The number of phenolic OH excluding ortho intramolecular Hbond substituents is 1. The van der Waals surface area contributed by atoms with Gasteiger partial charge in [-0.15, -0.1) is 6.58 Å². The summed E-state index contributed by atoms with van der Waals surface area (Å²) in [5, 5.41) is 19.7. The van der Waals surface area contributed by atoms with Crippen LogP contribution in [0.3, 0.4) is 0 Å². The zero-order valence-electron chi connectivity index (χ0n) is 32.4. The second-order valence-corrected chi connectivity index (χ2v) is 17.2. The number of carbonyl (C=O) groups excluding carboxylic acids is 4. The summed E-state index contributed by atoms with van der Waals surface area (Å²) in [5.74, 6) is -0.758. The second-order valence-electron chi connectivity index (χ2n) is 16.8. The molecule has 4 aliphatic rings. The lowest BCUT2D eigenvalue weighted by Crippen LogP contribution is -2.59. The average Bonchev–Trinajstić information content (AvgIpc) is 3.80. The van der Waals surface area contributed by atoms with Crippen molar-refractivity contribution >= 4 is 52.4 Å². The molecular weight excluding hydrogens is 744 g/mol. The third-order valence-corrected chi connectivity index (χ3v) is 11.6. The Balaban J connectivity index is 1.20. The molecule has 7 rings (SSSR count). The number of anilines is 1. The number of fused-ring (bicyclic) bond motifs is 2. The molecular formula is C40H49ClN6O9. The number of alkyl carbamates (subject to hydrolysis) is 1. The quantitative estimate of drug-likeness (QED) is 0.131. The number of oxazole rings is 1. The Morgan fingerprint density at radius 1 is 1.09 bits per heavy atom. The predicted octanol–water partition coefficient (Wildman–Crippen LogP) is 5.59. The molecule has 0 spiro atoms. The second kappa shape index (κ2) is 14.8. The van der Waals surface area contributed by atoms with E-state index < -0.39 is 53.0 Å². The van der Waals surface area contributed by atoms with E-state index in [1.54, 1.807) is 18.2 Å². The fraction of sp³-hybridized carbons (Fsp3) is 0.550. The first-order valence-corrected chi connectivity index (χ1v) is 19.4. The number of esters is 1. The third kappa shape index (κ3) is 7.69. The highest BCUT2D eigenvalue weighted by molar-refractivity contribution is 6.36. The van der Waals surface area contributed by atoms with Crippen molar-refractivity contribution in [2.24, 2.45) is 23.2 Å². The molecule has 3 aromatic rings. The number of amides is 3. The number of benzene rings is 1. The maximum atomic E-state index is 14.7. The van der Waals surface area contributed by atoms with Gasteiger partial charge >= 0.3 is 12.1 Å². The number of aromatic nitrogens is 2. The monoisotopic (exact) mass is 792 g/mol. The van der Waals surface area contributed by atoms with Crippen molar-refractivity contribution in [3.63, 3.8) is 0 Å². The molecule has 2 aromatic heterocycles. The number of aromatic hydroxyl groups is 1. The number of likely N-dealkylation sites (tertiary alicyclic amines) is 1. The lowest BCUT2D eigenvalue weighted by Gasteiger charge is -2.35. The van der Waals surface area contributed by atoms with Crippen LogP contribution in [0.2, 0.25) is 5.02 Å². The molecule has 8 atom stereocenters. The number of hydrogen-bond donors (Lipinski definition) is 4. The van der Waals surface area contributed by atoms with Crippen LogP contribution in [-0.2, 0) is 23.9 Å². The molecule has 4 fully saturated rings. The van der Waals surface area contributed by atoms with Crippen LogP contribution in [0, 0.1) is 23.2 Å². The Morgan fingerprint density at radius 2 is 1.82 bits per heavy atom. The molecule has 15 nitrogen and oxygen atoms in total. The van der Waals surface area contributed by atoms with E-state index in [1.807, 2.05) is 34.6 Å². The minimum atomic E-state index is -1.31. The molecule has 16 heteroatoms. The molecule has 300 valence electrons. The smallest absolute Gasteiger partial charge is 0.408 e. The maximum Gasteiger partial charge on any atom is 0.408 e. The van der Waals surface area contributed by atoms with Gasteiger partial charge in [0, 0.05) is 29.8 Å². The largest absolute Gasteiger partial charge is 0.506 e. The highest BCUT2D eigenvalue weighted by Crippen LogP contribution is 2.52. The van der Waals surface area contributed by atoms with Crippen LogP contribution in [0.4, 0.5) is 10.8 Å². The zero-order chi connectivity index (χ0) is 40.3. The van der Waals surface area contributed by atoms with Gasteiger partial charge in [0.1, 0.15) is 58.3 Å². The van der Waals surface area contributed by atoms with Crippen molar-refractivity contribution in [1.29, 1.82) is 0 Å². The van der Waals surface area contributed by atoms with Crippen LogP contribution in [0.1, 0.15) is 66.7 Å². The minimum Gasteiger partial charge on any atom is -0.506 e. The van der Waals surface area contributed by atoms with E-state index in [1.165, 1.54) is 30.8 Å². The summed E-state index contributed by atoms with van der Waals surface area (Å²) in [4.78, 5) is 65.7. The zero-order valence-corrected chi connectivity index (χ0v) is 33.1. The maximum absolute atomic E-state index is 14.7. The third-order valence-electron chi connectivity index (χ3n) is 11.2. The van der Waals surface area contributed by atoms with Gasteiger partial charge in [0.15, 0.2) is 0 Å². The lowest BCUT2D eigenvalue weighted by molar-refractivity contribution is -0.148. The summed E-state index contributed by atoms with van der Waals surface area (Å²) < 4.78 is 23.0. The van der Waals surface area contributed by atoms with Gasteiger partial charge in [-0.3, -0.25) is 9.59 Å². The molecule has 3 saturated carbocycles. The van der Waals surface area contributed by atoms with Gasteiger partial charge in [-0.1, -0.05) is 38.4 Å². The summed E-state index contributed by atoms with van der Waals surface area (Å²) in [6.45, 7) is 13.1. The van der Waals surface area contributed by atoms with Gasteiger partial charge in [-0.25, -0.2) is 14.6 Å². The predicted molar refractivity (Wildman–Crippen MR) is 206 cm³/mol. The Morgan fingerprint density at radius 3 is 2.46 bits per heavy atom. The number of methoxy groups -OCH3 is 1. The number of phenols is 1. The fourth-order valence-electron chi connectivity index (χ4n) is 8.06. The van der Waals surface area contributed by atoms with Crippen molar-refractivity contribution in [2.75, 3.05) is 19.0 Å². The van der Waals surface area contributed by atoms with Crippen LogP contribution in [0.15, 0.2) is 41.5 Å². The number of halogens is 1. The van der Waals surface area contributed by atoms with E-state index in [-0.39, 0.29) is 53.3 Å². The molecule has 3 heterocycles. The number of ether oxygens (including phenoxy) is 3. The van der Waals surface area contributed by atoms with Crippen LogP contribution < -0.4 is 20.7 Å². The summed E-state index contributed by atoms with van der Waals surface area (Å²) in [7, 11) is 1.25. The Kier molecular flexibility index (Phi) is 10.4. The molecule has 4 N–H and O–H groups in total. The van der Waals surface area contributed by atoms with E-state index in [9.17, 15) is 24.3 Å². The molecule has 1 aromatic carbocycles. The van der Waals surface area contributed by atoms with Crippen molar-refractivity contribution in [3.05, 3.63) is 42.1 Å². The normalized spacial score (nSPS) is 27.0. The fourth-order valence-corrected chi connectivity index (χ4v) is 8.27. The van der Waals surface area contributed by atoms with Gasteiger partial charge in [-0.05, 0) is 68.9 Å². The average molecular weight is 793 g/mol. The summed E-state index contributed by atoms with van der Waals surface area (Å²) in [6, 6.07) is 2.84. The van der Waals surface area contributed by atoms with Crippen molar-refractivity contribution in [3.8, 4) is 22.9 Å². The molecule has 56 heavy (non-hydrogen) atoms. The number of carbonyl (C=O) groups is 4. The number of rotatable bonds is 12. The van der Waals surface area contributed by atoms with Crippen molar-refractivity contribution < 1.29 is 42.9 Å². The number of hydrogen-bond acceptors (Lipinski definition) is 12. The van der Waals surface area contributed by atoms with Gasteiger partial charge in [-0.2, -0.15) is 4.98 Å². The number of nitrogens with one attached hydrogen (secondary N) is 3. The van der Waals surface area contributed by atoms with Gasteiger partial charge in [0.2, 0.25) is 11.8 Å². The van der Waals surface area contributed by atoms with Gasteiger partial charge < -0.3 is 44.6 Å². The van der Waals surface area contributed by atoms with Crippen LogP contribution >= 0.6 is 11.6 Å². The van der Waals surface area contributed by atoms with E-state index in [4.69, 9.17) is 30.2 Å². The first kappa shape index (κ1) is 39.2. The summed E-state index contributed by atoms with van der Waals surface area (Å²) >= 11 is 6.57. The molecule has 3 aliphatic carbocycles. The number of nitrogens with zero attached hydrogens (tertiary/aromatic N) is 3. The summed E-state index contributed by atoms with van der Waals surface area (Å²) in [5.41, 5.74) is -1.17. The molecule has 3 amide bonds. The SMILES string of the molecule is C=C[C@@H]1C[C@]1(NC(=O)C1C[C@H](Oc2cc(-c3coc(NC(C)C)n3)nc3c(Cl)c(O)ccc23)CN1C(=O)[C@@H](NC(=O)OC1CC2C[C@H]2C1)C(C)(C)C)C(=O)OC. The van der Waals surface area contributed by atoms with Crippen LogP contribution in [0.25, 0.3) is 22.3 Å². The molecule has 0 radical (unpaired) electrons. The first-order valence-electron chi connectivity index (χ1n) is 19.0. The Bertz CT molecular complexity index is 2050. The van der Waals surface area contributed by atoms with Crippen molar-refractivity contribution in [1.82, 2.24) is 25.5 Å². The minimum absolute atomic E-state index is 0.00590. The van der Waals surface area contributed by atoms with E-state index in [2.05, 4.69) is 32.5 Å². The molecule has 3 unspecified atom stereocenters. The molecule has 1 aliphatic heterocycles. The van der Waals surface area contributed by atoms with Gasteiger partial charge in [0.25, 0.3) is 6.01 Å². The lowest BCUT2D eigenvalue weighted by atomic mass is 9.85. The highest BCUT2D eigenvalue weighted by Gasteiger charge is 2.62. The summed E-state index contributed by atoms with van der Waals surface area (Å²) in [6.07, 6.45) is 4.49.